The summed E-state index contributed by atoms with van der Waals surface area (Å²) in [5, 5.41) is 19.7. The molecule has 1 N–H and O–H groups in total. The molecule has 24 heavy (non-hydrogen) atoms. The predicted octanol–water partition coefficient (Wildman–Crippen LogP) is 3.14. The first-order valence-electron chi connectivity index (χ1n) is 7.31. The minimum atomic E-state index is -0.432. The van der Waals surface area contributed by atoms with Gasteiger partial charge in [-0.1, -0.05) is 17.8 Å². The van der Waals surface area contributed by atoms with Crippen molar-refractivity contribution in [2.45, 2.75) is 17.8 Å². The largest absolute Gasteiger partial charge is 0.508 e. The van der Waals surface area contributed by atoms with Gasteiger partial charge in [-0.15, -0.1) is 10.2 Å². The highest BCUT2D eigenvalue weighted by atomic mass is 32.2. The van der Waals surface area contributed by atoms with E-state index in [4.69, 9.17) is 4.42 Å². The van der Waals surface area contributed by atoms with Crippen molar-refractivity contribution in [3.8, 4) is 5.75 Å². The SMILES string of the molecule is Cc1c(O)ccc2c(CSc3nnc4ccccn34)cc(=O)oc12. The van der Waals surface area contributed by atoms with Gasteiger partial charge in [0.1, 0.15) is 11.3 Å². The first-order valence-corrected chi connectivity index (χ1v) is 8.30. The number of aryl methyl sites for hydroxylation is 1. The van der Waals surface area contributed by atoms with E-state index >= 15 is 0 Å². The third kappa shape index (κ3) is 2.43. The number of aromatic nitrogens is 3. The normalized spacial score (nSPS) is 11.4. The average Bonchev–Trinajstić information content (AvgIpc) is 3.00. The number of nitrogens with zero attached hydrogens (tertiary/aromatic N) is 3. The Morgan fingerprint density at radius 3 is 3.00 bits per heavy atom. The number of pyridine rings is 1. The highest BCUT2D eigenvalue weighted by molar-refractivity contribution is 7.98. The molecule has 120 valence electrons. The van der Waals surface area contributed by atoms with Gasteiger partial charge in [0.25, 0.3) is 0 Å². The molecule has 0 spiro atoms. The van der Waals surface area contributed by atoms with Crippen LogP contribution >= 0.6 is 11.8 Å². The van der Waals surface area contributed by atoms with Gasteiger partial charge in [-0.3, -0.25) is 4.40 Å². The van der Waals surface area contributed by atoms with Crippen molar-refractivity contribution in [2.75, 3.05) is 0 Å². The molecule has 4 aromatic rings. The van der Waals surface area contributed by atoms with Crippen LogP contribution in [-0.2, 0) is 5.75 Å². The minimum absolute atomic E-state index is 0.110. The fourth-order valence-corrected chi connectivity index (χ4v) is 3.51. The van der Waals surface area contributed by atoms with Crippen LogP contribution in [0.2, 0.25) is 0 Å². The molecule has 0 saturated carbocycles. The summed E-state index contributed by atoms with van der Waals surface area (Å²) in [6.45, 7) is 1.73. The summed E-state index contributed by atoms with van der Waals surface area (Å²) in [6, 6.07) is 10.6. The molecule has 6 nitrogen and oxygen atoms in total. The molecule has 0 aliphatic heterocycles. The standard InChI is InChI=1S/C17H13N3O3S/c1-10-13(21)6-5-12-11(8-15(22)23-16(10)12)9-24-17-19-18-14-4-2-3-7-20(14)17/h2-8,21H,9H2,1H3. The minimum Gasteiger partial charge on any atom is -0.508 e. The van der Waals surface area contributed by atoms with Crippen molar-refractivity contribution in [3.05, 3.63) is 64.1 Å². The molecular weight excluding hydrogens is 326 g/mol. The summed E-state index contributed by atoms with van der Waals surface area (Å²) in [7, 11) is 0. The lowest BCUT2D eigenvalue weighted by molar-refractivity contribution is 0.468. The smallest absolute Gasteiger partial charge is 0.336 e. The summed E-state index contributed by atoms with van der Waals surface area (Å²) < 4.78 is 7.16. The number of hydrogen-bond donors (Lipinski definition) is 1. The maximum absolute atomic E-state index is 11.9. The topological polar surface area (TPSA) is 80.6 Å². The van der Waals surface area contributed by atoms with Gasteiger partial charge >= 0.3 is 5.63 Å². The summed E-state index contributed by atoms with van der Waals surface area (Å²) in [5.74, 6) is 0.654. The van der Waals surface area contributed by atoms with E-state index in [1.807, 2.05) is 28.8 Å². The van der Waals surface area contributed by atoms with Gasteiger partial charge < -0.3 is 9.52 Å². The number of phenolic OH excluding ortho intramolecular Hbond substituents is 1. The average molecular weight is 339 g/mol. The number of rotatable bonds is 3. The van der Waals surface area contributed by atoms with Gasteiger partial charge in [0.05, 0.1) is 0 Å². The van der Waals surface area contributed by atoms with Gasteiger partial charge in [-0.05, 0) is 36.8 Å². The molecule has 0 aliphatic rings. The molecule has 0 fully saturated rings. The Balaban J connectivity index is 1.75. The molecule has 0 aliphatic carbocycles. The van der Waals surface area contributed by atoms with E-state index in [0.717, 1.165) is 21.8 Å². The van der Waals surface area contributed by atoms with Crippen molar-refractivity contribution in [2.24, 2.45) is 0 Å². The third-order valence-electron chi connectivity index (χ3n) is 3.86. The second kappa shape index (κ2) is 5.68. The van der Waals surface area contributed by atoms with E-state index in [2.05, 4.69) is 10.2 Å². The van der Waals surface area contributed by atoms with Crippen LogP contribution in [0.5, 0.6) is 5.75 Å². The maximum Gasteiger partial charge on any atom is 0.336 e. The number of benzene rings is 1. The van der Waals surface area contributed by atoms with Crippen LogP contribution in [0.1, 0.15) is 11.1 Å². The van der Waals surface area contributed by atoms with E-state index in [0.29, 0.717) is 16.9 Å². The quantitative estimate of drug-likeness (QED) is 0.456. The highest BCUT2D eigenvalue weighted by Crippen LogP contribution is 2.30. The van der Waals surface area contributed by atoms with Crippen molar-refractivity contribution in [1.29, 1.82) is 0 Å². The summed E-state index contributed by atoms with van der Waals surface area (Å²) in [5.41, 5.74) is 2.16. The molecule has 7 heteroatoms. The fraction of sp³-hybridized carbons (Fsp3) is 0.118. The number of phenols is 1. The second-order valence-electron chi connectivity index (χ2n) is 5.38. The zero-order chi connectivity index (χ0) is 16.7. The second-order valence-corrected chi connectivity index (χ2v) is 6.32. The number of hydrogen-bond acceptors (Lipinski definition) is 6. The Morgan fingerprint density at radius 1 is 1.25 bits per heavy atom. The Kier molecular flexibility index (Phi) is 3.50. The van der Waals surface area contributed by atoms with E-state index in [9.17, 15) is 9.90 Å². The lowest BCUT2D eigenvalue weighted by Gasteiger charge is -2.07. The van der Waals surface area contributed by atoms with Crippen molar-refractivity contribution in [3.63, 3.8) is 0 Å². The molecule has 0 bridgehead atoms. The van der Waals surface area contributed by atoms with Crippen molar-refractivity contribution >= 4 is 28.4 Å². The first kappa shape index (κ1) is 14.8. The fourth-order valence-electron chi connectivity index (χ4n) is 2.60. The van der Waals surface area contributed by atoms with Crippen molar-refractivity contribution in [1.82, 2.24) is 14.6 Å². The zero-order valence-electron chi connectivity index (χ0n) is 12.8. The van der Waals surface area contributed by atoms with Gasteiger partial charge in [0.2, 0.25) is 0 Å². The van der Waals surface area contributed by atoms with Crippen LogP contribution in [0.15, 0.2) is 57.0 Å². The van der Waals surface area contributed by atoms with Crippen molar-refractivity contribution < 1.29 is 9.52 Å². The lowest BCUT2D eigenvalue weighted by atomic mass is 10.1. The summed E-state index contributed by atoms with van der Waals surface area (Å²) >= 11 is 1.49. The number of thioether (sulfide) groups is 1. The molecule has 0 unspecified atom stereocenters. The Bertz CT molecular complexity index is 1120. The predicted molar refractivity (Wildman–Crippen MR) is 91.4 cm³/mol. The van der Waals surface area contributed by atoms with Crippen LogP contribution < -0.4 is 5.63 Å². The summed E-state index contributed by atoms with van der Waals surface area (Å²) in [6.07, 6.45) is 1.90. The number of aromatic hydroxyl groups is 1. The molecule has 3 heterocycles. The molecule has 0 atom stereocenters. The number of fused-ring (bicyclic) bond motifs is 2. The molecular formula is C17H13N3O3S. The molecule has 1 aromatic carbocycles. The van der Waals surface area contributed by atoms with Crippen LogP contribution in [0.3, 0.4) is 0 Å². The van der Waals surface area contributed by atoms with E-state index in [-0.39, 0.29) is 5.75 Å². The van der Waals surface area contributed by atoms with E-state index < -0.39 is 5.63 Å². The Hall–Kier alpha value is -2.80. The van der Waals surface area contributed by atoms with Gasteiger partial charge in [0, 0.05) is 29.0 Å². The molecule has 0 radical (unpaired) electrons. The third-order valence-corrected chi connectivity index (χ3v) is 4.85. The van der Waals surface area contributed by atoms with Crippen LogP contribution in [0, 0.1) is 6.92 Å². The van der Waals surface area contributed by atoms with Crippen LogP contribution in [0.4, 0.5) is 0 Å². The van der Waals surface area contributed by atoms with E-state index in [1.54, 1.807) is 19.1 Å². The zero-order valence-corrected chi connectivity index (χ0v) is 13.6. The molecule has 3 aromatic heterocycles. The molecule has 4 rings (SSSR count). The Labute approximate surface area is 140 Å². The summed E-state index contributed by atoms with van der Waals surface area (Å²) in [4.78, 5) is 11.9. The molecule has 0 saturated heterocycles. The lowest BCUT2D eigenvalue weighted by Crippen LogP contribution is -2.01. The van der Waals surface area contributed by atoms with Gasteiger partial charge in [0.15, 0.2) is 10.8 Å². The van der Waals surface area contributed by atoms with Crippen LogP contribution in [0.25, 0.3) is 16.6 Å². The maximum atomic E-state index is 11.9. The van der Waals surface area contributed by atoms with Crippen LogP contribution in [-0.4, -0.2) is 19.7 Å². The molecule has 0 amide bonds. The van der Waals surface area contributed by atoms with Gasteiger partial charge in [-0.25, -0.2) is 4.79 Å². The Morgan fingerprint density at radius 2 is 2.12 bits per heavy atom. The highest BCUT2D eigenvalue weighted by Gasteiger charge is 2.12. The van der Waals surface area contributed by atoms with E-state index in [1.165, 1.54) is 17.8 Å². The first-order chi connectivity index (χ1) is 11.6. The monoisotopic (exact) mass is 339 g/mol. The van der Waals surface area contributed by atoms with Gasteiger partial charge in [-0.2, -0.15) is 0 Å².